The number of nitrogens with zero attached hydrogens (tertiary/aromatic N) is 1. The molecule has 0 saturated heterocycles. The van der Waals surface area contributed by atoms with Crippen molar-refractivity contribution in [3.05, 3.63) is 59.9 Å². The van der Waals surface area contributed by atoms with Gasteiger partial charge in [0.1, 0.15) is 5.57 Å². The highest BCUT2D eigenvalue weighted by Gasteiger charge is 2.30. The maximum Gasteiger partial charge on any atom is 0.339 e. The molecular formula is C21H20N2O6S. The Kier molecular flexibility index (Phi) is 4.90. The summed E-state index contributed by atoms with van der Waals surface area (Å²) in [6.07, 6.45) is 1.54. The second kappa shape index (κ2) is 7.42. The number of aromatic nitrogens is 1. The number of carboxylic acid groups (broad SMARTS) is 1. The highest BCUT2D eigenvalue weighted by molar-refractivity contribution is 7.89. The minimum absolute atomic E-state index is 0.0171. The van der Waals surface area contributed by atoms with E-state index in [1.165, 1.54) is 38.6 Å². The van der Waals surface area contributed by atoms with Gasteiger partial charge in [-0.1, -0.05) is 18.2 Å². The molecule has 4 rings (SSSR count). The average Bonchev–Trinajstić information content (AvgIpc) is 2.99. The molecule has 0 aliphatic carbocycles. The zero-order valence-corrected chi connectivity index (χ0v) is 17.2. The van der Waals surface area contributed by atoms with E-state index < -0.39 is 16.0 Å². The number of carboxylic acids is 1. The van der Waals surface area contributed by atoms with Crippen molar-refractivity contribution in [2.24, 2.45) is 0 Å². The molecule has 0 bridgehead atoms. The highest BCUT2D eigenvalue weighted by atomic mass is 32.2. The number of ether oxygens (including phenoxy) is 2. The maximum absolute atomic E-state index is 13.3. The number of benzene rings is 2. The topological polar surface area (TPSA) is 109 Å². The molecule has 2 N–H and O–H groups in total. The van der Waals surface area contributed by atoms with Crippen molar-refractivity contribution in [1.29, 1.82) is 0 Å². The van der Waals surface area contributed by atoms with E-state index in [4.69, 9.17) is 9.47 Å². The fraction of sp³-hybridized carbons (Fsp3) is 0.190. The lowest BCUT2D eigenvalue weighted by Gasteiger charge is -2.20. The minimum Gasteiger partial charge on any atom is -0.493 e. The Morgan fingerprint density at radius 2 is 1.83 bits per heavy atom. The van der Waals surface area contributed by atoms with Crippen LogP contribution < -0.4 is 9.47 Å². The molecule has 1 aliphatic heterocycles. The van der Waals surface area contributed by atoms with E-state index in [0.29, 0.717) is 17.9 Å². The zero-order chi connectivity index (χ0) is 21.5. The lowest BCUT2D eigenvalue weighted by atomic mass is 10.0. The number of methoxy groups -OCH3 is 2. The van der Waals surface area contributed by atoms with Crippen molar-refractivity contribution in [3.8, 4) is 11.5 Å². The first-order chi connectivity index (χ1) is 14.4. The standard InChI is InChI=1S/C21H20N2O6S/c1-28-18-8-7-13(11-19(18)29-2)30(26,27)23-10-9-15-14-5-3-4-6-17(14)22-20(15)16(12-23)21(24)25/h3-8,11-12,22H,9-10H2,1-2H3,(H,24,25). The molecule has 156 valence electrons. The Balaban J connectivity index is 1.82. The molecule has 0 amide bonds. The molecule has 1 aromatic heterocycles. The first-order valence-electron chi connectivity index (χ1n) is 9.15. The number of aliphatic carboxylic acids is 1. The summed E-state index contributed by atoms with van der Waals surface area (Å²) in [5.74, 6) is -0.542. The summed E-state index contributed by atoms with van der Waals surface area (Å²) in [6.45, 7) is 0.0995. The van der Waals surface area contributed by atoms with Crippen LogP contribution in [0.2, 0.25) is 0 Å². The number of aromatic amines is 1. The SMILES string of the molecule is COc1ccc(S(=O)(=O)N2C=C(C(=O)O)c3[nH]c4ccccc4c3CC2)cc1OC. The summed E-state index contributed by atoms with van der Waals surface area (Å²) in [6, 6.07) is 11.7. The van der Waals surface area contributed by atoms with Gasteiger partial charge in [-0.2, -0.15) is 0 Å². The number of hydrogen-bond donors (Lipinski definition) is 2. The van der Waals surface area contributed by atoms with Crippen LogP contribution in [-0.2, 0) is 21.2 Å². The van der Waals surface area contributed by atoms with Crippen molar-refractivity contribution in [2.45, 2.75) is 11.3 Å². The van der Waals surface area contributed by atoms with Gasteiger partial charge in [0.25, 0.3) is 10.0 Å². The number of hydrogen-bond acceptors (Lipinski definition) is 5. The largest absolute Gasteiger partial charge is 0.493 e. The summed E-state index contributed by atoms with van der Waals surface area (Å²) in [7, 11) is -1.14. The Labute approximate surface area is 173 Å². The van der Waals surface area contributed by atoms with Crippen LogP contribution in [0.4, 0.5) is 0 Å². The van der Waals surface area contributed by atoms with E-state index in [-0.39, 0.29) is 22.8 Å². The van der Waals surface area contributed by atoms with Crippen LogP contribution in [0.3, 0.4) is 0 Å². The quantitative estimate of drug-likeness (QED) is 0.647. The third-order valence-corrected chi connectivity index (χ3v) is 6.89. The molecule has 0 atom stereocenters. The van der Waals surface area contributed by atoms with Crippen LogP contribution in [0.15, 0.2) is 53.6 Å². The third kappa shape index (κ3) is 3.17. The van der Waals surface area contributed by atoms with Crippen LogP contribution in [-0.4, -0.2) is 49.5 Å². The van der Waals surface area contributed by atoms with E-state index in [0.717, 1.165) is 20.8 Å². The van der Waals surface area contributed by atoms with E-state index in [2.05, 4.69) is 4.98 Å². The Morgan fingerprint density at radius 1 is 1.10 bits per heavy atom. The monoisotopic (exact) mass is 428 g/mol. The molecule has 9 heteroatoms. The number of nitrogens with one attached hydrogen (secondary N) is 1. The van der Waals surface area contributed by atoms with Crippen molar-refractivity contribution >= 4 is 32.5 Å². The first kappa shape index (κ1) is 19.8. The van der Waals surface area contributed by atoms with E-state index >= 15 is 0 Å². The maximum atomic E-state index is 13.3. The van der Waals surface area contributed by atoms with Crippen LogP contribution in [0.1, 0.15) is 11.3 Å². The average molecular weight is 428 g/mol. The van der Waals surface area contributed by atoms with Crippen LogP contribution in [0.5, 0.6) is 11.5 Å². The van der Waals surface area contributed by atoms with Gasteiger partial charge in [0.05, 0.1) is 24.8 Å². The van der Waals surface area contributed by atoms with Crippen LogP contribution in [0, 0.1) is 0 Å². The molecule has 2 heterocycles. The lowest BCUT2D eigenvalue weighted by molar-refractivity contribution is -0.130. The normalized spacial score (nSPS) is 14.1. The molecular weight excluding hydrogens is 408 g/mol. The molecule has 0 saturated carbocycles. The number of H-pyrrole nitrogens is 1. The number of carbonyl (C=O) groups is 1. The molecule has 30 heavy (non-hydrogen) atoms. The predicted molar refractivity (Wildman–Crippen MR) is 111 cm³/mol. The lowest BCUT2D eigenvalue weighted by Crippen LogP contribution is -2.28. The Hall–Kier alpha value is -3.46. The summed E-state index contributed by atoms with van der Waals surface area (Å²) in [5, 5.41) is 10.7. The summed E-state index contributed by atoms with van der Waals surface area (Å²) < 4.78 is 38.0. The molecule has 1 aliphatic rings. The van der Waals surface area contributed by atoms with Crippen LogP contribution >= 0.6 is 0 Å². The minimum atomic E-state index is -4.01. The first-order valence-corrected chi connectivity index (χ1v) is 10.6. The molecule has 0 unspecified atom stereocenters. The van der Waals surface area contributed by atoms with Gasteiger partial charge in [0.15, 0.2) is 11.5 Å². The molecule has 0 spiro atoms. The Bertz CT molecular complexity index is 1280. The fourth-order valence-electron chi connectivity index (χ4n) is 3.65. The molecule has 3 aromatic rings. The smallest absolute Gasteiger partial charge is 0.339 e. The van der Waals surface area contributed by atoms with Gasteiger partial charge in [0.2, 0.25) is 0 Å². The van der Waals surface area contributed by atoms with Crippen molar-refractivity contribution in [3.63, 3.8) is 0 Å². The van der Waals surface area contributed by atoms with Gasteiger partial charge < -0.3 is 19.6 Å². The molecule has 0 radical (unpaired) electrons. The second-order valence-corrected chi connectivity index (χ2v) is 8.65. The predicted octanol–water partition coefficient (Wildman–Crippen LogP) is 2.86. The molecule has 8 nitrogen and oxygen atoms in total. The number of rotatable bonds is 5. The van der Waals surface area contributed by atoms with Gasteiger partial charge in [0, 0.05) is 29.7 Å². The van der Waals surface area contributed by atoms with Gasteiger partial charge in [-0.05, 0) is 30.2 Å². The number of para-hydroxylation sites is 1. The highest BCUT2D eigenvalue weighted by Crippen LogP contribution is 2.34. The molecule has 2 aromatic carbocycles. The van der Waals surface area contributed by atoms with E-state index in [1.807, 2.05) is 24.3 Å². The number of sulfonamides is 1. The Morgan fingerprint density at radius 3 is 2.53 bits per heavy atom. The van der Waals surface area contributed by atoms with Gasteiger partial charge in [-0.3, -0.25) is 4.31 Å². The summed E-state index contributed by atoms with van der Waals surface area (Å²) in [4.78, 5) is 15.1. The van der Waals surface area contributed by atoms with Gasteiger partial charge in [-0.15, -0.1) is 0 Å². The van der Waals surface area contributed by atoms with E-state index in [9.17, 15) is 18.3 Å². The van der Waals surface area contributed by atoms with Crippen molar-refractivity contribution in [1.82, 2.24) is 9.29 Å². The van der Waals surface area contributed by atoms with Gasteiger partial charge >= 0.3 is 5.97 Å². The van der Waals surface area contributed by atoms with E-state index in [1.54, 1.807) is 0 Å². The zero-order valence-electron chi connectivity index (χ0n) is 16.4. The van der Waals surface area contributed by atoms with Crippen LogP contribution in [0.25, 0.3) is 16.5 Å². The van der Waals surface area contributed by atoms with Crippen molar-refractivity contribution in [2.75, 3.05) is 20.8 Å². The summed E-state index contributed by atoms with van der Waals surface area (Å²) in [5.41, 5.74) is 1.91. The molecule has 0 fully saturated rings. The third-order valence-electron chi connectivity index (χ3n) is 5.13. The van der Waals surface area contributed by atoms with Crippen molar-refractivity contribution < 1.29 is 27.8 Å². The van der Waals surface area contributed by atoms with Gasteiger partial charge in [-0.25, -0.2) is 13.2 Å². The summed E-state index contributed by atoms with van der Waals surface area (Å²) >= 11 is 0. The number of fused-ring (bicyclic) bond motifs is 3. The second-order valence-electron chi connectivity index (χ2n) is 6.75. The fourth-order valence-corrected chi connectivity index (χ4v) is 4.99.